The molecular formula is C15H20F2N2S. The van der Waals surface area contributed by atoms with E-state index in [0.29, 0.717) is 12.5 Å². The van der Waals surface area contributed by atoms with Crippen LogP contribution in [0.2, 0.25) is 0 Å². The van der Waals surface area contributed by atoms with Crippen LogP contribution in [0.15, 0.2) is 12.1 Å². The second-order valence-electron chi connectivity index (χ2n) is 5.37. The fraction of sp³-hybridized carbons (Fsp3) is 0.533. The molecule has 1 aliphatic carbocycles. The first-order valence-electron chi connectivity index (χ1n) is 7.11. The van der Waals surface area contributed by atoms with E-state index in [1.165, 1.54) is 44.2 Å². The van der Waals surface area contributed by atoms with Gasteiger partial charge >= 0.3 is 0 Å². The van der Waals surface area contributed by atoms with Gasteiger partial charge in [0.25, 0.3) is 0 Å². The van der Waals surface area contributed by atoms with Crippen LogP contribution < -0.4 is 11.1 Å². The average molecular weight is 298 g/mol. The lowest BCUT2D eigenvalue weighted by Gasteiger charge is -2.21. The molecule has 0 aliphatic heterocycles. The summed E-state index contributed by atoms with van der Waals surface area (Å²) in [6, 6.07) is 2.91. The van der Waals surface area contributed by atoms with Gasteiger partial charge in [-0.25, -0.2) is 8.78 Å². The molecule has 0 heterocycles. The fourth-order valence-corrected chi connectivity index (χ4v) is 2.92. The Kier molecular flexibility index (Phi) is 5.29. The third-order valence-electron chi connectivity index (χ3n) is 3.94. The van der Waals surface area contributed by atoms with Crippen LogP contribution in [0.5, 0.6) is 0 Å². The molecule has 1 saturated carbocycles. The SMILES string of the molecule is NC(=S)c1ccc(NCCC2CCCCC2)c(F)c1F. The highest BCUT2D eigenvalue weighted by Gasteiger charge is 2.16. The number of halogens is 2. The van der Waals surface area contributed by atoms with Crippen molar-refractivity contribution in [3.05, 3.63) is 29.3 Å². The first-order valence-corrected chi connectivity index (χ1v) is 7.52. The van der Waals surface area contributed by atoms with Gasteiger partial charge in [-0.05, 0) is 24.5 Å². The van der Waals surface area contributed by atoms with Gasteiger partial charge in [-0.2, -0.15) is 0 Å². The Morgan fingerprint density at radius 3 is 2.55 bits per heavy atom. The van der Waals surface area contributed by atoms with Crippen molar-refractivity contribution in [3.63, 3.8) is 0 Å². The highest BCUT2D eigenvalue weighted by atomic mass is 32.1. The molecule has 0 spiro atoms. The number of nitrogens with two attached hydrogens (primary N) is 1. The maximum Gasteiger partial charge on any atom is 0.182 e. The normalized spacial score (nSPS) is 16.1. The van der Waals surface area contributed by atoms with Crippen molar-refractivity contribution >= 4 is 22.9 Å². The number of benzene rings is 1. The van der Waals surface area contributed by atoms with E-state index in [4.69, 9.17) is 5.73 Å². The molecule has 0 aromatic heterocycles. The minimum absolute atomic E-state index is 0.0460. The van der Waals surface area contributed by atoms with Gasteiger partial charge < -0.3 is 11.1 Å². The topological polar surface area (TPSA) is 38.0 Å². The molecule has 3 N–H and O–H groups in total. The summed E-state index contributed by atoms with van der Waals surface area (Å²) in [6.07, 6.45) is 7.40. The van der Waals surface area contributed by atoms with Gasteiger partial charge in [0.05, 0.1) is 5.69 Å². The van der Waals surface area contributed by atoms with Crippen LogP contribution in [0.1, 0.15) is 44.1 Å². The number of thiocarbonyl (C=S) groups is 1. The van der Waals surface area contributed by atoms with E-state index >= 15 is 0 Å². The average Bonchev–Trinajstić information content (AvgIpc) is 2.44. The van der Waals surface area contributed by atoms with Gasteiger partial charge in [0.1, 0.15) is 4.99 Å². The molecule has 0 radical (unpaired) electrons. The second kappa shape index (κ2) is 6.97. The van der Waals surface area contributed by atoms with Crippen molar-refractivity contribution in [2.45, 2.75) is 38.5 Å². The minimum Gasteiger partial charge on any atom is -0.389 e. The monoisotopic (exact) mass is 298 g/mol. The third-order valence-corrected chi connectivity index (χ3v) is 4.16. The molecule has 2 nitrogen and oxygen atoms in total. The van der Waals surface area contributed by atoms with E-state index < -0.39 is 11.6 Å². The van der Waals surface area contributed by atoms with Crippen molar-refractivity contribution in [2.75, 3.05) is 11.9 Å². The Bertz CT molecular complexity index is 485. The molecular weight excluding hydrogens is 278 g/mol. The summed E-state index contributed by atoms with van der Waals surface area (Å²) < 4.78 is 27.5. The maximum absolute atomic E-state index is 13.8. The highest BCUT2D eigenvalue weighted by Crippen LogP contribution is 2.27. The van der Waals surface area contributed by atoms with Crippen molar-refractivity contribution in [1.29, 1.82) is 0 Å². The standard InChI is InChI=1S/C15H20F2N2S/c16-13-11(15(18)20)6-7-12(14(13)17)19-9-8-10-4-2-1-3-5-10/h6-7,10,19H,1-5,8-9H2,(H2,18,20). The first-order chi connectivity index (χ1) is 9.59. The number of hydrogen-bond acceptors (Lipinski definition) is 2. The predicted molar refractivity (Wildman–Crippen MR) is 81.9 cm³/mol. The largest absolute Gasteiger partial charge is 0.389 e. The number of nitrogens with one attached hydrogen (secondary N) is 1. The van der Waals surface area contributed by atoms with Crippen LogP contribution in [0, 0.1) is 17.6 Å². The lowest BCUT2D eigenvalue weighted by molar-refractivity contribution is 0.345. The number of rotatable bonds is 5. The summed E-state index contributed by atoms with van der Waals surface area (Å²) in [5, 5.41) is 2.97. The summed E-state index contributed by atoms with van der Waals surface area (Å²) in [6.45, 7) is 0.660. The van der Waals surface area contributed by atoms with Gasteiger partial charge in [0.2, 0.25) is 0 Å². The molecule has 1 aromatic carbocycles. The molecule has 0 atom stereocenters. The molecule has 1 aromatic rings. The zero-order chi connectivity index (χ0) is 14.5. The third kappa shape index (κ3) is 3.66. The second-order valence-corrected chi connectivity index (χ2v) is 5.81. The van der Waals surface area contributed by atoms with Crippen LogP contribution in [-0.4, -0.2) is 11.5 Å². The molecule has 0 bridgehead atoms. The lowest BCUT2D eigenvalue weighted by atomic mass is 9.87. The summed E-state index contributed by atoms with van der Waals surface area (Å²) >= 11 is 4.68. The smallest absolute Gasteiger partial charge is 0.182 e. The Balaban J connectivity index is 1.92. The predicted octanol–water partition coefficient (Wildman–Crippen LogP) is 3.98. The van der Waals surface area contributed by atoms with Crippen LogP contribution in [0.3, 0.4) is 0 Å². The minimum atomic E-state index is -0.972. The van der Waals surface area contributed by atoms with E-state index in [2.05, 4.69) is 17.5 Å². The van der Waals surface area contributed by atoms with Gasteiger partial charge in [-0.3, -0.25) is 0 Å². The molecule has 20 heavy (non-hydrogen) atoms. The lowest BCUT2D eigenvalue weighted by Crippen LogP contribution is -2.15. The van der Waals surface area contributed by atoms with Crippen LogP contribution in [0.4, 0.5) is 14.5 Å². The Labute approximate surface area is 123 Å². The highest BCUT2D eigenvalue weighted by molar-refractivity contribution is 7.80. The first kappa shape index (κ1) is 15.2. The Hall–Kier alpha value is -1.23. The summed E-state index contributed by atoms with van der Waals surface area (Å²) in [7, 11) is 0. The van der Waals surface area contributed by atoms with E-state index in [0.717, 1.165) is 6.42 Å². The Morgan fingerprint density at radius 2 is 1.90 bits per heavy atom. The van der Waals surface area contributed by atoms with Crippen molar-refractivity contribution in [2.24, 2.45) is 11.7 Å². The van der Waals surface area contributed by atoms with E-state index in [1.807, 2.05) is 0 Å². The van der Waals surface area contributed by atoms with E-state index in [1.54, 1.807) is 0 Å². The number of anilines is 1. The Morgan fingerprint density at radius 1 is 1.20 bits per heavy atom. The van der Waals surface area contributed by atoms with Crippen LogP contribution in [-0.2, 0) is 0 Å². The molecule has 0 amide bonds. The molecule has 0 saturated heterocycles. The van der Waals surface area contributed by atoms with E-state index in [9.17, 15) is 8.78 Å². The van der Waals surface area contributed by atoms with Crippen molar-refractivity contribution in [1.82, 2.24) is 0 Å². The van der Waals surface area contributed by atoms with Gasteiger partial charge in [0, 0.05) is 12.1 Å². The van der Waals surface area contributed by atoms with Gasteiger partial charge in [-0.15, -0.1) is 0 Å². The molecule has 1 aliphatic rings. The van der Waals surface area contributed by atoms with Crippen molar-refractivity contribution < 1.29 is 8.78 Å². The van der Waals surface area contributed by atoms with Crippen molar-refractivity contribution in [3.8, 4) is 0 Å². The maximum atomic E-state index is 13.8. The molecule has 5 heteroatoms. The summed E-state index contributed by atoms with van der Waals surface area (Å²) in [4.78, 5) is -0.129. The van der Waals surface area contributed by atoms with Gasteiger partial charge in [-0.1, -0.05) is 44.3 Å². The fourth-order valence-electron chi connectivity index (χ4n) is 2.76. The zero-order valence-corrected chi connectivity index (χ0v) is 12.2. The molecule has 0 unspecified atom stereocenters. The van der Waals surface area contributed by atoms with E-state index in [-0.39, 0.29) is 16.2 Å². The van der Waals surface area contributed by atoms with Crippen LogP contribution >= 0.6 is 12.2 Å². The quantitative estimate of drug-likeness (QED) is 0.807. The number of hydrogen-bond donors (Lipinski definition) is 2. The zero-order valence-electron chi connectivity index (χ0n) is 11.4. The van der Waals surface area contributed by atoms with Crippen LogP contribution in [0.25, 0.3) is 0 Å². The molecule has 110 valence electrons. The molecule has 1 fully saturated rings. The summed E-state index contributed by atoms with van der Waals surface area (Å²) in [5.41, 5.74) is 5.47. The summed E-state index contributed by atoms with van der Waals surface area (Å²) in [5.74, 6) is -1.17. The molecule has 2 rings (SSSR count). The van der Waals surface area contributed by atoms with Gasteiger partial charge in [0.15, 0.2) is 11.6 Å².